The fourth-order valence-electron chi connectivity index (χ4n) is 12.2. The number of primary amides is 1. The number of hydrogen-bond acceptors (Lipinski definition) is 12. The van der Waals surface area contributed by atoms with Crippen LogP contribution in [0, 0.1) is 5.41 Å². The molecule has 474 valence electrons. The van der Waals surface area contributed by atoms with E-state index in [9.17, 15) is 52.7 Å². The van der Waals surface area contributed by atoms with Gasteiger partial charge in [0, 0.05) is 109 Å². The van der Waals surface area contributed by atoms with Crippen molar-refractivity contribution in [3.05, 3.63) is 166 Å². The maximum absolute atomic E-state index is 14.2. The third-order valence-electron chi connectivity index (χ3n) is 17.2. The molecule has 23 heteroatoms. The Morgan fingerprint density at radius 3 is 1.77 bits per heavy atom. The second-order valence-corrected chi connectivity index (χ2v) is 23.6. The number of hydrogen-bond donors (Lipinski definition) is 6. The van der Waals surface area contributed by atoms with Crippen molar-refractivity contribution in [2.24, 2.45) is 11.1 Å². The van der Waals surface area contributed by atoms with E-state index in [1.54, 1.807) is 70.5 Å². The third kappa shape index (κ3) is 14.3. The lowest BCUT2D eigenvalue weighted by Crippen LogP contribution is -2.58. The highest BCUT2D eigenvalue weighted by molar-refractivity contribution is 6.20. The molecule has 0 aromatic heterocycles. The number of aldehydes is 2. The molecule has 6 aromatic carbocycles. The average molecular weight is 1290 g/mol. The molecule has 1 fully saturated rings. The molecule has 3 heterocycles. The Morgan fingerprint density at radius 2 is 1.22 bits per heavy atom. The summed E-state index contributed by atoms with van der Waals surface area (Å²) in [6.07, 6.45) is 12.1. The van der Waals surface area contributed by atoms with E-state index >= 15 is 0 Å². The van der Waals surface area contributed by atoms with Gasteiger partial charge in [0.25, 0.3) is 23.6 Å². The van der Waals surface area contributed by atoms with Gasteiger partial charge in [-0.15, -0.1) is 23.2 Å². The van der Waals surface area contributed by atoms with Gasteiger partial charge in [0.15, 0.2) is 12.6 Å². The number of halogens is 2. The first-order chi connectivity index (χ1) is 44.5. The average Bonchev–Trinajstić information content (AvgIpc) is 1.55. The summed E-state index contributed by atoms with van der Waals surface area (Å²) in [6, 6.07) is 27.9. The Labute approximate surface area is 539 Å². The maximum Gasteiger partial charge on any atom is 0.411 e. The SMILES string of the molecule is NC(=O)NCCC[C@H](NC(=O)C1(C(=O)NCCCCCN2C(=O)C=CC2=O)CCC1)C(=O)Nc1ccc(COC(=O)Nc2cc(/C=C/C(=O)N3C[C@@H](CCl)c4c3cc(C=O)c3ccccc43)ccc2/C=C/C(=O)N2C[C@@H](CCl)c3c2cc(C=O)c2ccccc32)cc1. The normalized spacial score (nSPS) is 16.5. The molecular formula is C69H67Cl2N9O12. The first-order valence-electron chi connectivity index (χ1n) is 30.3. The number of carbonyl (C=O) groups is 11. The number of anilines is 4. The van der Waals surface area contributed by atoms with Gasteiger partial charge in [-0.25, -0.2) is 9.59 Å². The number of amides is 10. The molecule has 10 amide bonds. The zero-order valence-corrected chi connectivity index (χ0v) is 51.6. The van der Waals surface area contributed by atoms with Crippen LogP contribution in [0.4, 0.5) is 32.3 Å². The highest BCUT2D eigenvalue weighted by Gasteiger charge is 2.51. The number of nitrogens with two attached hydrogens (primary N) is 1. The van der Waals surface area contributed by atoms with Gasteiger partial charge in [-0.1, -0.05) is 79.2 Å². The zero-order valence-electron chi connectivity index (χ0n) is 50.1. The second-order valence-electron chi connectivity index (χ2n) is 23.0. The van der Waals surface area contributed by atoms with Crippen LogP contribution in [0.25, 0.3) is 33.7 Å². The van der Waals surface area contributed by atoms with Crippen LogP contribution in [-0.2, 0) is 44.9 Å². The summed E-state index contributed by atoms with van der Waals surface area (Å²) in [5.74, 6) is -3.14. The van der Waals surface area contributed by atoms with Gasteiger partial charge < -0.3 is 41.5 Å². The van der Waals surface area contributed by atoms with Crippen molar-refractivity contribution < 1.29 is 57.5 Å². The highest BCUT2D eigenvalue weighted by atomic mass is 35.5. The number of alkyl halides is 2. The molecule has 7 N–H and O–H groups in total. The molecule has 0 unspecified atom stereocenters. The van der Waals surface area contributed by atoms with Crippen molar-refractivity contribution in [2.45, 2.75) is 75.9 Å². The fourth-order valence-corrected chi connectivity index (χ4v) is 12.7. The lowest BCUT2D eigenvalue weighted by molar-refractivity contribution is -0.151. The predicted molar refractivity (Wildman–Crippen MR) is 351 cm³/mol. The maximum atomic E-state index is 14.2. The topological polar surface area (TPSA) is 293 Å². The minimum Gasteiger partial charge on any atom is -0.444 e. The number of carbonyl (C=O) groups excluding carboxylic acids is 11. The van der Waals surface area contributed by atoms with E-state index in [0.717, 1.165) is 50.1 Å². The van der Waals surface area contributed by atoms with E-state index in [1.165, 1.54) is 30.4 Å². The minimum atomic E-state index is -1.40. The Bertz CT molecular complexity index is 4020. The second kappa shape index (κ2) is 29.3. The molecule has 0 saturated heterocycles. The minimum absolute atomic E-state index is 0.0764. The van der Waals surface area contributed by atoms with Crippen LogP contribution in [0.15, 0.2) is 127 Å². The van der Waals surface area contributed by atoms with Gasteiger partial charge in [-0.3, -0.25) is 53.4 Å². The molecule has 21 nitrogen and oxygen atoms in total. The van der Waals surface area contributed by atoms with Crippen molar-refractivity contribution >= 4 is 146 Å². The molecular weight excluding hydrogens is 1220 g/mol. The quantitative estimate of drug-likeness (QED) is 0.00739. The van der Waals surface area contributed by atoms with Crippen LogP contribution in [0.2, 0.25) is 0 Å². The number of ether oxygens (including phenoxy) is 1. The monoisotopic (exact) mass is 1280 g/mol. The number of unbranched alkanes of at least 4 members (excludes halogenated alkanes) is 2. The number of benzene rings is 6. The van der Waals surface area contributed by atoms with E-state index in [2.05, 4.69) is 26.6 Å². The van der Waals surface area contributed by atoms with Crippen molar-refractivity contribution in [2.75, 3.05) is 64.9 Å². The van der Waals surface area contributed by atoms with Gasteiger partial charge in [0.2, 0.25) is 17.7 Å². The number of imide groups is 1. The van der Waals surface area contributed by atoms with Crippen LogP contribution in [0.3, 0.4) is 0 Å². The number of rotatable bonds is 26. The fraction of sp³-hybridized carbons (Fsp3) is 0.290. The molecule has 92 heavy (non-hydrogen) atoms. The standard InChI is InChI=1S/C69H67Cl2N9O12/c70-35-47-37-79(56-33-45(39-81)50-10-2-4-12-52(50)62(47)56)60(85)23-18-42-15-19-44(20-24-61(86)80-38-48(36-71)63-53-13-5-3-11-51(53)46(40-82)34-57(63)80)55(32-42)77-68(91)92-41-43-16-21-49(22-17-43)75-64(87)54(14-8-30-74-67(72)90)76-66(89)69(27-9-28-69)65(88)73-29-6-1-7-31-78-58(83)25-26-59(78)84/h2-5,10-13,15-26,32-34,39-40,47-48,54H,1,6-9,14,27-31,35-38,41H2,(H,73,88)(H,75,87)(H,76,89)(H,77,91)(H3,72,74,90)/b23-18+,24-20+/t47-,48-,54+/m1/s1. The molecule has 1 saturated carbocycles. The Morgan fingerprint density at radius 1 is 0.641 bits per heavy atom. The van der Waals surface area contributed by atoms with Crippen LogP contribution in [0.5, 0.6) is 0 Å². The number of nitrogens with zero attached hydrogens (tertiary/aromatic N) is 3. The summed E-state index contributed by atoms with van der Waals surface area (Å²) in [5.41, 5.74) is 9.56. The Hall–Kier alpha value is -9.99. The highest BCUT2D eigenvalue weighted by Crippen LogP contribution is 2.45. The first kappa shape index (κ1) is 65.0. The molecule has 0 bridgehead atoms. The number of fused-ring (bicyclic) bond motifs is 6. The zero-order chi connectivity index (χ0) is 65.1. The number of urea groups is 1. The summed E-state index contributed by atoms with van der Waals surface area (Å²) in [6.45, 7) is 0.940. The lowest BCUT2D eigenvalue weighted by Gasteiger charge is -2.39. The van der Waals surface area contributed by atoms with Gasteiger partial charge in [-0.05, 0) is 137 Å². The molecule has 0 spiro atoms. The van der Waals surface area contributed by atoms with E-state index in [-0.39, 0.29) is 112 Å². The summed E-state index contributed by atoms with van der Waals surface area (Å²) in [7, 11) is 0. The van der Waals surface area contributed by atoms with E-state index in [1.807, 2.05) is 48.5 Å². The Balaban J connectivity index is 0.812. The van der Waals surface area contributed by atoms with Gasteiger partial charge >= 0.3 is 12.1 Å². The molecule has 3 aliphatic heterocycles. The first-order valence-corrected chi connectivity index (χ1v) is 31.4. The van der Waals surface area contributed by atoms with Crippen LogP contribution < -0.4 is 42.1 Å². The van der Waals surface area contributed by atoms with Crippen molar-refractivity contribution in [3.8, 4) is 0 Å². The van der Waals surface area contributed by atoms with Crippen LogP contribution >= 0.6 is 23.2 Å². The van der Waals surface area contributed by atoms with Gasteiger partial charge in [-0.2, -0.15) is 0 Å². The molecule has 4 aliphatic rings. The van der Waals surface area contributed by atoms with Crippen LogP contribution in [-0.4, -0.2) is 121 Å². The molecule has 0 radical (unpaired) electrons. The summed E-state index contributed by atoms with van der Waals surface area (Å²) >= 11 is 13.0. The molecule has 10 rings (SSSR count). The van der Waals surface area contributed by atoms with Crippen molar-refractivity contribution in [1.82, 2.24) is 20.9 Å². The van der Waals surface area contributed by atoms with E-state index in [4.69, 9.17) is 33.7 Å². The molecule has 3 atom stereocenters. The number of nitrogens with one attached hydrogen (secondary N) is 5. The summed E-state index contributed by atoms with van der Waals surface area (Å²) in [5, 5.41) is 16.9. The smallest absolute Gasteiger partial charge is 0.411 e. The molecule has 1 aliphatic carbocycles. The van der Waals surface area contributed by atoms with Gasteiger partial charge in [0.05, 0.1) is 5.69 Å². The predicted octanol–water partition coefficient (Wildman–Crippen LogP) is 9.39. The summed E-state index contributed by atoms with van der Waals surface area (Å²) < 4.78 is 5.70. The third-order valence-corrected chi connectivity index (χ3v) is 17.9. The van der Waals surface area contributed by atoms with Crippen molar-refractivity contribution in [3.63, 3.8) is 0 Å². The van der Waals surface area contributed by atoms with Crippen LogP contribution in [0.1, 0.15) is 112 Å². The lowest BCUT2D eigenvalue weighted by atomic mass is 9.67. The van der Waals surface area contributed by atoms with E-state index < -0.39 is 47.2 Å². The van der Waals surface area contributed by atoms with Crippen molar-refractivity contribution in [1.29, 1.82) is 0 Å². The Kier molecular flexibility index (Phi) is 20.7. The van der Waals surface area contributed by atoms with Gasteiger partial charge in [0.1, 0.15) is 18.1 Å². The van der Waals surface area contributed by atoms with E-state index in [0.29, 0.717) is 70.6 Å². The largest absolute Gasteiger partial charge is 0.444 e. The summed E-state index contributed by atoms with van der Waals surface area (Å²) in [4.78, 5) is 148. The molecule has 6 aromatic rings.